The van der Waals surface area contributed by atoms with Crippen molar-refractivity contribution in [2.45, 2.75) is 49.2 Å². The van der Waals surface area contributed by atoms with E-state index in [1.54, 1.807) is 18.8 Å². The lowest BCUT2D eigenvalue weighted by Gasteiger charge is -2.27. The molecule has 2 aliphatic heterocycles. The molecule has 1 saturated heterocycles. The summed E-state index contributed by atoms with van der Waals surface area (Å²) in [4.78, 5) is 31.4. The molecule has 35 heavy (non-hydrogen) atoms. The van der Waals surface area contributed by atoms with E-state index in [-0.39, 0.29) is 11.3 Å². The largest absolute Gasteiger partial charge is 0.380 e. The first-order valence-corrected chi connectivity index (χ1v) is 13.7. The third-order valence-electron chi connectivity index (χ3n) is 6.23. The van der Waals surface area contributed by atoms with Crippen molar-refractivity contribution in [3.63, 3.8) is 0 Å². The van der Waals surface area contributed by atoms with E-state index in [2.05, 4.69) is 21.0 Å². The maximum Gasteiger partial charge on any atom is 0.255 e. The maximum atomic E-state index is 12.9. The van der Waals surface area contributed by atoms with Crippen molar-refractivity contribution in [1.82, 2.24) is 15.2 Å². The molecule has 0 saturated carbocycles. The number of aliphatic hydroxyl groups is 2. The summed E-state index contributed by atoms with van der Waals surface area (Å²) in [6.45, 7) is 0.766. The van der Waals surface area contributed by atoms with E-state index >= 15 is 0 Å². The molecule has 188 valence electrons. The number of thiazole rings is 1. The summed E-state index contributed by atoms with van der Waals surface area (Å²) in [6, 6.07) is 7.44. The van der Waals surface area contributed by atoms with Crippen LogP contribution in [0.1, 0.15) is 36.6 Å². The molecule has 3 heterocycles. The maximum absolute atomic E-state index is 12.9. The number of carbonyl (C=O) groups is 2. The summed E-state index contributed by atoms with van der Waals surface area (Å²) >= 11 is 9.31. The zero-order chi connectivity index (χ0) is 24.9. The summed E-state index contributed by atoms with van der Waals surface area (Å²) in [5.41, 5.74) is 3.03. The number of likely N-dealkylation sites (tertiary alicyclic amines) is 1. The molecule has 2 amide bonds. The Morgan fingerprint density at radius 2 is 2.09 bits per heavy atom. The van der Waals surface area contributed by atoms with E-state index < -0.39 is 24.0 Å². The quantitative estimate of drug-likeness (QED) is 0.389. The van der Waals surface area contributed by atoms with E-state index in [0.29, 0.717) is 13.1 Å². The van der Waals surface area contributed by atoms with E-state index in [1.165, 1.54) is 21.8 Å². The fraction of sp³-hybridized carbons (Fsp3) is 0.458. The molecular formula is C24H29ClN4O4S2. The summed E-state index contributed by atoms with van der Waals surface area (Å²) < 4.78 is 0. The highest BCUT2D eigenvalue weighted by molar-refractivity contribution is 8.03. The molecule has 0 spiro atoms. The highest BCUT2D eigenvalue weighted by Crippen LogP contribution is 2.35. The molecule has 0 radical (unpaired) electrons. The first-order chi connectivity index (χ1) is 16.9. The van der Waals surface area contributed by atoms with Crippen LogP contribution in [-0.4, -0.2) is 69.5 Å². The van der Waals surface area contributed by atoms with Gasteiger partial charge in [0, 0.05) is 35.8 Å². The predicted molar refractivity (Wildman–Crippen MR) is 140 cm³/mol. The molecule has 1 unspecified atom stereocenters. The van der Waals surface area contributed by atoms with Crippen LogP contribution in [0.15, 0.2) is 40.6 Å². The van der Waals surface area contributed by atoms with Gasteiger partial charge in [0.1, 0.15) is 0 Å². The van der Waals surface area contributed by atoms with Crippen LogP contribution in [-0.2, 0) is 16.0 Å². The third kappa shape index (κ3) is 6.18. The van der Waals surface area contributed by atoms with Crippen molar-refractivity contribution in [1.29, 1.82) is 0 Å². The summed E-state index contributed by atoms with van der Waals surface area (Å²) in [5, 5.41) is 32.1. The average Bonchev–Trinajstić information content (AvgIpc) is 3.63. The van der Waals surface area contributed by atoms with E-state index in [4.69, 9.17) is 11.6 Å². The Morgan fingerprint density at radius 1 is 1.29 bits per heavy atom. The van der Waals surface area contributed by atoms with Gasteiger partial charge in [0.2, 0.25) is 0 Å². The summed E-state index contributed by atoms with van der Waals surface area (Å²) in [7, 11) is 1.78. The van der Waals surface area contributed by atoms with Crippen LogP contribution in [0.4, 0.5) is 5.13 Å². The van der Waals surface area contributed by atoms with Crippen LogP contribution in [0.3, 0.4) is 0 Å². The van der Waals surface area contributed by atoms with Crippen molar-refractivity contribution in [2.75, 3.05) is 25.5 Å². The number of hydrogen-bond acceptors (Lipinski definition) is 8. The number of nitrogens with zero attached hydrogens (tertiary/aromatic N) is 2. The van der Waals surface area contributed by atoms with Gasteiger partial charge >= 0.3 is 0 Å². The number of anilines is 1. The summed E-state index contributed by atoms with van der Waals surface area (Å²) in [5.74, 6) is -1.42. The fourth-order valence-electron chi connectivity index (χ4n) is 4.36. The zero-order valence-electron chi connectivity index (χ0n) is 19.3. The van der Waals surface area contributed by atoms with Crippen LogP contribution in [0.2, 0.25) is 5.02 Å². The minimum absolute atomic E-state index is 0.116. The second-order valence-corrected chi connectivity index (χ2v) is 11.1. The minimum atomic E-state index is -1.84. The van der Waals surface area contributed by atoms with Gasteiger partial charge in [-0.2, -0.15) is 0 Å². The van der Waals surface area contributed by atoms with Gasteiger partial charge in [0.25, 0.3) is 11.8 Å². The highest BCUT2D eigenvalue weighted by atomic mass is 35.5. The van der Waals surface area contributed by atoms with Crippen molar-refractivity contribution >= 4 is 51.6 Å². The number of halogens is 1. The van der Waals surface area contributed by atoms with Gasteiger partial charge in [-0.3, -0.25) is 9.59 Å². The number of allylic oxidation sites excluding steroid dienone is 1. The lowest BCUT2D eigenvalue weighted by atomic mass is 10.0. The number of hydrogen-bond donors (Lipinski definition) is 4. The van der Waals surface area contributed by atoms with Gasteiger partial charge in [-0.05, 0) is 42.7 Å². The Kier molecular flexibility index (Phi) is 8.72. The Bertz CT molecular complexity index is 1090. The number of amides is 2. The minimum Gasteiger partial charge on any atom is -0.380 e. The molecule has 1 aromatic carbocycles. The molecule has 4 rings (SSSR count). The topological polar surface area (TPSA) is 115 Å². The standard InChI is InChI=1S/C24H29ClN4O4S2/c1-26-24-28-18(13-35-24)19-7-4-8-29(19)23(33)21(31)20(30)22(32)27-11-16-10-14(12-34-16)9-15-5-2-3-6-17(15)25/h2-3,5-6,12-13,16,19-21,30-31H,4,7-11H2,1H3,(H,26,28)(H,27,32)/t16?,19-,20-,21-/m1/s1. The smallest absolute Gasteiger partial charge is 0.255 e. The SMILES string of the molecule is CNc1nc([C@H]2CCCN2C(=O)[C@H](O)[C@@H](O)C(=O)NCC2CC(Cc3ccccc3Cl)=CS2)cs1. The van der Waals surface area contributed by atoms with Crippen molar-refractivity contribution in [3.8, 4) is 0 Å². The molecular weight excluding hydrogens is 508 g/mol. The molecule has 8 nitrogen and oxygen atoms in total. The Balaban J connectivity index is 1.26. The second-order valence-electron chi connectivity index (χ2n) is 8.66. The Morgan fingerprint density at radius 3 is 2.83 bits per heavy atom. The monoisotopic (exact) mass is 536 g/mol. The van der Waals surface area contributed by atoms with Gasteiger partial charge in [-0.25, -0.2) is 4.98 Å². The number of carbonyl (C=O) groups excluding carboxylic acids is 2. The number of benzene rings is 1. The van der Waals surface area contributed by atoms with Gasteiger partial charge in [0.05, 0.1) is 11.7 Å². The van der Waals surface area contributed by atoms with Crippen LogP contribution in [0.5, 0.6) is 0 Å². The van der Waals surface area contributed by atoms with Crippen LogP contribution >= 0.6 is 34.7 Å². The zero-order valence-corrected chi connectivity index (χ0v) is 21.7. The first-order valence-electron chi connectivity index (χ1n) is 11.5. The third-order valence-corrected chi connectivity index (χ3v) is 8.66. The summed E-state index contributed by atoms with van der Waals surface area (Å²) in [6.07, 6.45) is -0.655. The molecule has 1 fully saturated rings. The molecule has 0 bridgehead atoms. The van der Waals surface area contributed by atoms with E-state index in [0.717, 1.165) is 47.1 Å². The number of aromatic nitrogens is 1. The van der Waals surface area contributed by atoms with Crippen LogP contribution < -0.4 is 10.6 Å². The number of nitrogens with one attached hydrogen (secondary N) is 2. The Labute approximate surface area is 217 Å². The lowest BCUT2D eigenvalue weighted by molar-refractivity contribution is -0.153. The molecule has 2 aliphatic rings. The van der Waals surface area contributed by atoms with E-state index in [1.807, 2.05) is 29.6 Å². The molecule has 2 aromatic rings. The molecule has 1 aromatic heterocycles. The second kappa shape index (κ2) is 11.7. The van der Waals surface area contributed by atoms with Gasteiger partial charge < -0.3 is 25.7 Å². The molecule has 11 heteroatoms. The molecule has 4 N–H and O–H groups in total. The number of rotatable bonds is 9. The van der Waals surface area contributed by atoms with E-state index in [9.17, 15) is 19.8 Å². The highest BCUT2D eigenvalue weighted by Gasteiger charge is 2.39. The van der Waals surface area contributed by atoms with Crippen LogP contribution in [0.25, 0.3) is 0 Å². The van der Waals surface area contributed by atoms with Crippen molar-refractivity contribution in [3.05, 3.63) is 56.9 Å². The van der Waals surface area contributed by atoms with Crippen molar-refractivity contribution < 1.29 is 19.8 Å². The number of aliphatic hydroxyl groups excluding tert-OH is 2. The Hall–Kier alpha value is -2.11. The van der Waals surface area contributed by atoms with Gasteiger partial charge in [-0.15, -0.1) is 23.1 Å². The number of thioether (sulfide) groups is 1. The first kappa shape index (κ1) is 26.0. The van der Waals surface area contributed by atoms with Gasteiger partial charge in [-0.1, -0.05) is 35.4 Å². The average molecular weight is 537 g/mol. The lowest BCUT2D eigenvalue weighted by Crippen LogP contribution is -2.51. The fourth-order valence-corrected chi connectivity index (χ4v) is 6.34. The normalized spacial score (nSPS) is 21.5. The predicted octanol–water partition coefficient (Wildman–Crippen LogP) is 2.97. The van der Waals surface area contributed by atoms with Crippen molar-refractivity contribution in [2.24, 2.45) is 0 Å². The molecule has 0 aliphatic carbocycles. The van der Waals surface area contributed by atoms with Crippen LogP contribution in [0, 0.1) is 0 Å². The molecule has 4 atom stereocenters. The van der Waals surface area contributed by atoms with Gasteiger partial charge in [0.15, 0.2) is 17.3 Å².